The van der Waals surface area contributed by atoms with E-state index in [4.69, 9.17) is 0 Å². The maximum Gasteiger partial charge on any atom is 0.453 e. The molecule has 0 atom stereocenters. The van der Waals surface area contributed by atoms with Gasteiger partial charge in [-0.15, -0.1) is 10.2 Å². The zero-order chi connectivity index (χ0) is 10.3. The quantitative estimate of drug-likeness (QED) is 0.688. The standard InChI is InChI=1S/C6H3F3N4S/c7-6(8,9)5-11-10-3-1-2-4(14)12-13(3)5/h1-2H,(H,12,14). The second-order valence-corrected chi connectivity index (χ2v) is 2.96. The van der Waals surface area contributed by atoms with E-state index in [2.05, 4.69) is 27.5 Å². The van der Waals surface area contributed by atoms with Crippen LogP contribution in [-0.2, 0) is 6.18 Å². The molecule has 0 unspecified atom stereocenters. The summed E-state index contributed by atoms with van der Waals surface area (Å²) >= 11 is 4.69. The largest absolute Gasteiger partial charge is 0.453 e. The Labute approximate surface area is 80.4 Å². The van der Waals surface area contributed by atoms with E-state index < -0.39 is 12.0 Å². The van der Waals surface area contributed by atoms with Gasteiger partial charge in [-0.25, -0.2) is 4.52 Å². The molecule has 0 aromatic carbocycles. The highest BCUT2D eigenvalue weighted by atomic mass is 32.1. The van der Waals surface area contributed by atoms with E-state index in [1.807, 2.05) is 0 Å². The molecule has 4 nitrogen and oxygen atoms in total. The topological polar surface area (TPSA) is 46.0 Å². The molecule has 2 rings (SSSR count). The summed E-state index contributed by atoms with van der Waals surface area (Å²) in [5.41, 5.74) is 0.0749. The lowest BCUT2D eigenvalue weighted by Crippen LogP contribution is -2.12. The summed E-state index contributed by atoms with van der Waals surface area (Å²) in [4.78, 5) is 0. The van der Waals surface area contributed by atoms with Gasteiger partial charge in [0.15, 0.2) is 5.65 Å². The zero-order valence-electron chi connectivity index (χ0n) is 6.54. The Balaban J connectivity index is 2.80. The van der Waals surface area contributed by atoms with E-state index in [1.54, 1.807) is 0 Å². The second kappa shape index (κ2) is 2.77. The lowest BCUT2D eigenvalue weighted by Gasteiger charge is -2.02. The SMILES string of the molecule is FC(F)(F)c1nnc2ccc(=S)[nH]n12. The first-order valence-corrected chi connectivity index (χ1v) is 3.91. The Bertz CT molecular complexity index is 526. The van der Waals surface area contributed by atoms with E-state index in [1.165, 1.54) is 12.1 Å². The van der Waals surface area contributed by atoms with Crippen LogP contribution in [-0.4, -0.2) is 19.8 Å². The van der Waals surface area contributed by atoms with Gasteiger partial charge in [0.25, 0.3) is 5.82 Å². The maximum atomic E-state index is 12.3. The van der Waals surface area contributed by atoms with Crippen molar-refractivity contribution in [2.45, 2.75) is 6.18 Å². The van der Waals surface area contributed by atoms with Crippen molar-refractivity contribution in [1.29, 1.82) is 0 Å². The van der Waals surface area contributed by atoms with Gasteiger partial charge in [0.2, 0.25) is 0 Å². The van der Waals surface area contributed by atoms with Crippen molar-refractivity contribution in [2.75, 3.05) is 0 Å². The van der Waals surface area contributed by atoms with Gasteiger partial charge in [-0.2, -0.15) is 13.2 Å². The van der Waals surface area contributed by atoms with Gasteiger partial charge in [-0.05, 0) is 12.1 Å². The van der Waals surface area contributed by atoms with Crippen LogP contribution in [0.1, 0.15) is 5.82 Å². The number of aromatic nitrogens is 4. The van der Waals surface area contributed by atoms with Crippen molar-refractivity contribution >= 4 is 17.9 Å². The molecule has 0 radical (unpaired) electrons. The summed E-state index contributed by atoms with van der Waals surface area (Å²) in [6, 6.07) is 2.81. The number of alkyl halides is 3. The highest BCUT2D eigenvalue weighted by Gasteiger charge is 2.37. The highest BCUT2D eigenvalue weighted by Crippen LogP contribution is 2.26. The first-order chi connectivity index (χ1) is 6.48. The summed E-state index contributed by atoms with van der Waals surface area (Å²) in [5.74, 6) is -1.11. The molecule has 74 valence electrons. The minimum Gasteiger partial charge on any atom is -0.280 e. The molecule has 0 aliphatic heterocycles. The van der Waals surface area contributed by atoms with Crippen molar-refractivity contribution in [2.24, 2.45) is 0 Å². The van der Waals surface area contributed by atoms with Crippen LogP contribution in [0.2, 0.25) is 0 Å². The Morgan fingerprint density at radius 1 is 1.29 bits per heavy atom. The van der Waals surface area contributed by atoms with Crippen LogP contribution in [0.25, 0.3) is 5.65 Å². The fourth-order valence-corrected chi connectivity index (χ4v) is 1.16. The van der Waals surface area contributed by atoms with Crippen LogP contribution in [0.3, 0.4) is 0 Å². The Hall–Kier alpha value is -1.44. The molecule has 1 N–H and O–H groups in total. The minimum absolute atomic E-state index is 0.0749. The lowest BCUT2D eigenvalue weighted by atomic mass is 10.5. The molecule has 0 saturated carbocycles. The van der Waals surface area contributed by atoms with Crippen LogP contribution >= 0.6 is 12.2 Å². The molecule has 0 spiro atoms. The molecule has 0 fully saturated rings. The Kier molecular flexibility index (Phi) is 1.81. The lowest BCUT2D eigenvalue weighted by molar-refractivity contribution is -0.146. The summed E-state index contributed by atoms with van der Waals surface area (Å²) in [6.07, 6.45) is -4.54. The van der Waals surface area contributed by atoms with E-state index in [9.17, 15) is 13.2 Å². The molecule has 8 heteroatoms. The molecule has 2 heterocycles. The molecule has 0 amide bonds. The molecule has 14 heavy (non-hydrogen) atoms. The van der Waals surface area contributed by atoms with E-state index >= 15 is 0 Å². The molecule has 2 aromatic rings. The van der Waals surface area contributed by atoms with Crippen LogP contribution in [0.15, 0.2) is 12.1 Å². The number of nitrogens with zero attached hydrogens (tertiary/aromatic N) is 3. The number of rotatable bonds is 0. The van der Waals surface area contributed by atoms with Gasteiger partial charge in [-0.3, -0.25) is 5.10 Å². The Morgan fingerprint density at radius 3 is 2.64 bits per heavy atom. The highest BCUT2D eigenvalue weighted by molar-refractivity contribution is 7.71. The fraction of sp³-hybridized carbons (Fsp3) is 0.167. The minimum atomic E-state index is -4.54. The van der Waals surface area contributed by atoms with Crippen LogP contribution in [0.5, 0.6) is 0 Å². The first kappa shape index (κ1) is 9.13. The first-order valence-electron chi connectivity index (χ1n) is 3.50. The average molecular weight is 220 g/mol. The van der Waals surface area contributed by atoms with Crippen molar-refractivity contribution in [3.63, 3.8) is 0 Å². The number of nitrogens with one attached hydrogen (secondary N) is 1. The van der Waals surface area contributed by atoms with E-state index in [-0.39, 0.29) is 10.3 Å². The number of hydrogen-bond donors (Lipinski definition) is 1. The molecule has 0 saturated heterocycles. The normalized spacial score (nSPS) is 12.2. The van der Waals surface area contributed by atoms with E-state index in [0.29, 0.717) is 4.52 Å². The van der Waals surface area contributed by atoms with Crippen molar-refractivity contribution in [1.82, 2.24) is 19.8 Å². The summed E-state index contributed by atoms with van der Waals surface area (Å²) in [6.45, 7) is 0. The van der Waals surface area contributed by atoms with Crippen LogP contribution in [0.4, 0.5) is 13.2 Å². The third kappa shape index (κ3) is 1.37. The summed E-state index contributed by atoms with van der Waals surface area (Å²) < 4.78 is 37.8. The summed E-state index contributed by atoms with van der Waals surface area (Å²) in [7, 11) is 0. The predicted octanol–water partition coefficient (Wildman–Crippen LogP) is 1.81. The van der Waals surface area contributed by atoms with Gasteiger partial charge in [-0.1, -0.05) is 12.2 Å². The van der Waals surface area contributed by atoms with E-state index in [0.717, 1.165) is 0 Å². The predicted molar refractivity (Wildman–Crippen MR) is 43.2 cm³/mol. The molecular weight excluding hydrogens is 217 g/mol. The molecular formula is C6H3F3N4S. The third-order valence-corrected chi connectivity index (χ3v) is 1.77. The number of fused-ring (bicyclic) bond motifs is 1. The number of hydrogen-bond acceptors (Lipinski definition) is 3. The zero-order valence-corrected chi connectivity index (χ0v) is 7.35. The van der Waals surface area contributed by atoms with Gasteiger partial charge < -0.3 is 0 Å². The third-order valence-electron chi connectivity index (χ3n) is 1.55. The molecule has 2 aromatic heterocycles. The molecule has 0 aliphatic carbocycles. The van der Waals surface area contributed by atoms with Gasteiger partial charge in [0, 0.05) is 0 Å². The number of H-pyrrole nitrogens is 1. The molecule has 0 bridgehead atoms. The number of aromatic amines is 1. The number of halogens is 3. The maximum absolute atomic E-state index is 12.3. The van der Waals surface area contributed by atoms with Crippen molar-refractivity contribution in [3.05, 3.63) is 22.6 Å². The van der Waals surface area contributed by atoms with Crippen LogP contribution in [0, 0.1) is 4.64 Å². The molecule has 0 aliphatic rings. The van der Waals surface area contributed by atoms with Gasteiger partial charge in [0.1, 0.15) is 4.64 Å². The van der Waals surface area contributed by atoms with Crippen LogP contribution < -0.4 is 0 Å². The van der Waals surface area contributed by atoms with Crippen molar-refractivity contribution in [3.8, 4) is 0 Å². The second-order valence-electron chi connectivity index (χ2n) is 2.52. The summed E-state index contributed by atoms with van der Waals surface area (Å²) in [5, 5.41) is 8.69. The Morgan fingerprint density at radius 2 is 2.00 bits per heavy atom. The average Bonchev–Trinajstić information content (AvgIpc) is 2.45. The monoisotopic (exact) mass is 220 g/mol. The smallest absolute Gasteiger partial charge is 0.280 e. The van der Waals surface area contributed by atoms with Gasteiger partial charge in [0.05, 0.1) is 0 Å². The fourth-order valence-electron chi connectivity index (χ4n) is 0.996. The van der Waals surface area contributed by atoms with Crippen molar-refractivity contribution < 1.29 is 13.2 Å². The van der Waals surface area contributed by atoms with Gasteiger partial charge >= 0.3 is 6.18 Å².